The molecule has 1 aromatic heterocycles. The van der Waals surface area contributed by atoms with Gasteiger partial charge in [0.25, 0.3) is 5.56 Å². The molecule has 1 fully saturated rings. The molecule has 0 amide bonds. The van der Waals surface area contributed by atoms with E-state index >= 15 is 0 Å². The SMILES string of the molecule is CCCn1ccnc(N2CCN(C(C)C#N)CC2)c1=O. The molecule has 1 unspecified atom stereocenters. The van der Waals surface area contributed by atoms with Crippen LogP contribution >= 0.6 is 0 Å². The highest BCUT2D eigenvalue weighted by molar-refractivity contribution is 5.36. The van der Waals surface area contributed by atoms with Gasteiger partial charge in [-0.2, -0.15) is 5.26 Å². The summed E-state index contributed by atoms with van der Waals surface area (Å²) in [4.78, 5) is 20.7. The molecule has 0 aliphatic carbocycles. The van der Waals surface area contributed by atoms with E-state index in [9.17, 15) is 4.79 Å². The quantitative estimate of drug-likeness (QED) is 0.809. The van der Waals surface area contributed by atoms with E-state index in [0.717, 1.165) is 39.1 Å². The van der Waals surface area contributed by atoms with Crippen molar-refractivity contribution in [2.75, 3.05) is 31.1 Å². The summed E-state index contributed by atoms with van der Waals surface area (Å²) in [7, 11) is 0. The van der Waals surface area contributed by atoms with Crippen LogP contribution in [-0.2, 0) is 6.54 Å². The minimum Gasteiger partial charge on any atom is -0.349 e. The summed E-state index contributed by atoms with van der Waals surface area (Å²) in [5, 5.41) is 8.94. The second-order valence-corrected chi connectivity index (χ2v) is 5.08. The highest BCUT2D eigenvalue weighted by Gasteiger charge is 2.23. The number of nitrogens with zero attached hydrogens (tertiary/aromatic N) is 5. The molecule has 6 heteroatoms. The summed E-state index contributed by atoms with van der Waals surface area (Å²) >= 11 is 0. The number of hydrogen-bond acceptors (Lipinski definition) is 5. The number of piperazine rings is 1. The maximum atomic E-state index is 12.3. The molecular weight excluding hydrogens is 254 g/mol. The van der Waals surface area contributed by atoms with E-state index in [0.29, 0.717) is 5.82 Å². The van der Waals surface area contributed by atoms with Gasteiger partial charge in [0.1, 0.15) is 0 Å². The van der Waals surface area contributed by atoms with Crippen LogP contribution in [0.15, 0.2) is 17.2 Å². The zero-order chi connectivity index (χ0) is 14.5. The summed E-state index contributed by atoms with van der Waals surface area (Å²) in [5.41, 5.74) is -0.0175. The summed E-state index contributed by atoms with van der Waals surface area (Å²) in [6.45, 7) is 7.74. The van der Waals surface area contributed by atoms with Crippen molar-refractivity contribution < 1.29 is 0 Å². The molecule has 0 spiro atoms. The molecule has 1 aliphatic heterocycles. The number of aryl methyl sites for hydroxylation is 1. The normalized spacial score (nSPS) is 17.8. The molecule has 0 aromatic carbocycles. The molecule has 0 radical (unpaired) electrons. The van der Waals surface area contributed by atoms with Crippen LogP contribution in [0.25, 0.3) is 0 Å². The molecule has 1 atom stereocenters. The first-order chi connectivity index (χ1) is 9.67. The molecule has 0 saturated carbocycles. The minimum atomic E-state index is -0.0716. The molecule has 1 saturated heterocycles. The Bertz CT molecular complexity index is 539. The van der Waals surface area contributed by atoms with Crippen molar-refractivity contribution in [3.05, 3.63) is 22.7 Å². The van der Waals surface area contributed by atoms with Crippen molar-refractivity contribution in [3.63, 3.8) is 0 Å². The van der Waals surface area contributed by atoms with E-state index in [-0.39, 0.29) is 11.6 Å². The van der Waals surface area contributed by atoms with Crippen LogP contribution in [0, 0.1) is 11.3 Å². The molecule has 6 nitrogen and oxygen atoms in total. The Kier molecular flexibility index (Phi) is 4.74. The van der Waals surface area contributed by atoms with Gasteiger partial charge in [0.15, 0.2) is 5.82 Å². The second kappa shape index (κ2) is 6.53. The number of anilines is 1. The van der Waals surface area contributed by atoms with Crippen LogP contribution < -0.4 is 10.5 Å². The van der Waals surface area contributed by atoms with Gasteiger partial charge in [0, 0.05) is 45.1 Å². The van der Waals surface area contributed by atoms with Crippen LogP contribution in [0.3, 0.4) is 0 Å². The highest BCUT2D eigenvalue weighted by Crippen LogP contribution is 2.10. The third kappa shape index (κ3) is 2.99. The molecular formula is C14H21N5O. The Labute approximate surface area is 119 Å². The lowest BCUT2D eigenvalue weighted by molar-refractivity contribution is 0.231. The Balaban J connectivity index is 2.10. The fraction of sp³-hybridized carbons (Fsp3) is 0.643. The minimum absolute atomic E-state index is 0.0175. The van der Waals surface area contributed by atoms with Gasteiger partial charge in [-0.1, -0.05) is 6.92 Å². The van der Waals surface area contributed by atoms with Crippen LogP contribution in [0.2, 0.25) is 0 Å². The highest BCUT2D eigenvalue weighted by atomic mass is 16.1. The smallest absolute Gasteiger partial charge is 0.293 e. The molecule has 1 aromatic rings. The van der Waals surface area contributed by atoms with E-state index < -0.39 is 0 Å². The molecule has 0 N–H and O–H groups in total. The fourth-order valence-electron chi connectivity index (χ4n) is 2.47. The van der Waals surface area contributed by atoms with Gasteiger partial charge in [-0.3, -0.25) is 9.69 Å². The van der Waals surface area contributed by atoms with Crippen LogP contribution in [0.4, 0.5) is 5.82 Å². The fourth-order valence-corrected chi connectivity index (χ4v) is 2.47. The number of nitriles is 1. The third-order valence-electron chi connectivity index (χ3n) is 3.71. The van der Waals surface area contributed by atoms with Crippen molar-refractivity contribution in [1.29, 1.82) is 5.26 Å². The lowest BCUT2D eigenvalue weighted by Crippen LogP contribution is -2.51. The first-order valence-electron chi connectivity index (χ1n) is 7.11. The Hall–Kier alpha value is -1.87. The lowest BCUT2D eigenvalue weighted by atomic mass is 10.2. The van der Waals surface area contributed by atoms with Crippen molar-refractivity contribution >= 4 is 5.82 Å². The topological polar surface area (TPSA) is 65.2 Å². The van der Waals surface area contributed by atoms with Gasteiger partial charge in [-0.15, -0.1) is 0 Å². The standard InChI is InChI=1S/C14H21N5O/c1-3-5-19-6-4-16-13(14(19)20)18-9-7-17(8-10-18)12(2)11-15/h4,6,12H,3,5,7-10H2,1-2H3. The van der Waals surface area contributed by atoms with E-state index in [1.165, 1.54) is 0 Å². The monoisotopic (exact) mass is 275 g/mol. The lowest BCUT2D eigenvalue weighted by Gasteiger charge is -2.36. The molecule has 2 rings (SSSR count). The zero-order valence-electron chi connectivity index (χ0n) is 12.1. The van der Waals surface area contributed by atoms with Crippen LogP contribution in [0.1, 0.15) is 20.3 Å². The predicted octanol–water partition coefficient (Wildman–Crippen LogP) is 0.687. The molecule has 2 heterocycles. The zero-order valence-corrected chi connectivity index (χ0v) is 12.1. The average Bonchev–Trinajstić information content (AvgIpc) is 2.49. The van der Waals surface area contributed by atoms with Crippen molar-refractivity contribution in [3.8, 4) is 6.07 Å². The van der Waals surface area contributed by atoms with Gasteiger partial charge >= 0.3 is 0 Å². The van der Waals surface area contributed by atoms with E-state index in [1.54, 1.807) is 17.0 Å². The van der Waals surface area contributed by atoms with Gasteiger partial charge in [-0.25, -0.2) is 4.98 Å². The van der Waals surface area contributed by atoms with Crippen LogP contribution in [-0.4, -0.2) is 46.7 Å². The van der Waals surface area contributed by atoms with Gasteiger partial charge < -0.3 is 9.47 Å². The molecule has 0 bridgehead atoms. The first-order valence-corrected chi connectivity index (χ1v) is 7.11. The average molecular weight is 275 g/mol. The van der Waals surface area contributed by atoms with Crippen molar-refractivity contribution in [2.45, 2.75) is 32.9 Å². The summed E-state index contributed by atoms with van der Waals surface area (Å²) in [6, 6.07) is 2.18. The van der Waals surface area contributed by atoms with E-state index in [4.69, 9.17) is 5.26 Å². The Morgan fingerprint density at radius 1 is 1.40 bits per heavy atom. The maximum absolute atomic E-state index is 12.3. The Morgan fingerprint density at radius 3 is 2.70 bits per heavy atom. The molecule has 1 aliphatic rings. The van der Waals surface area contributed by atoms with E-state index in [2.05, 4.69) is 22.9 Å². The number of rotatable bonds is 4. The predicted molar refractivity (Wildman–Crippen MR) is 77.6 cm³/mol. The first kappa shape index (κ1) is 14.5. The number of hydrogen-bond donors (Lipinski definition) is 0. The summed E-state index contributed by atoms with van der Waals surface area (Å²) in [5.74, 6) is 0.533. The largest absolute Gasteiger partial charge is 0.349 e. The molecule has 108 valence electrons. The van der Waals surface area contributed by atoms with Crippen molar-refractivity contribution in [2.24, 2.45) is 0 Å². The Morgan fingerprint density at radius 2 is 2.10 bits per heavy atom. The van der Waals surface area contributed by atoms with Gasteiger partial charge in [0.05, 0.1) is 12.1 Å². The third-order valence-corrected chi connectivity index (χ3v) is 3.71. The molecule has 20 heavy (non-hydrogen) atoms. The van der Waals surface area contributed by atoms with E-state index in [1.807, 2.05) is 11.8 Å². The number of aromatic nitrogens is 2. The van der Waals surface area contributed by atoms with Gasteiger partial charge in [-0.05, 0) is 13.3 Å². The maximum Gasteiger partial charge on any atom is 0.293 e. The summed E-state index contributed by atoms with van der Waals surface area (Å²) < 4.78 is 1.71. The summed E-state index contributed by atoms with van der Waals surface area (Å²) in [6.07, 6.45) is 4.36. The van der Waals surface area contributed by atoms with Crippen LogP contribution in [0.5, 0.6) is 0 Å². The van der Waals surface area contributed by atoms with Gasteiger partial charge in [0.2, 0.25) is 0 Å². The second-order valence-electron chi connectivity index (χ2n) is 5.08. The van der Waals surface area contributed by atoms with Crippen molar-refractivity contribution in [1.82, 2.24) is 14.5 Å².